The van der Waals surface area contributed by atoms with Gasteiger partial charge < -0.3 is 9.64 Å². The van der Waals surface area contributed by atoms with E-state index in [0.717, 1.165) is 29.9 Å². The van der Waals surface area contributed by atoms with Crippen molar-refractivity contribution < 1.29 is 4.74 Å². The number of aromatic nitrogens is 2. The summed E-state index contributed by atoms with van der Waals surface area (Å²) in [5, 5.41) is 1.07. The Morgan fingerprint density at radius 2 is 2.30 bits per heavy atom. The predicted octanol–water partition coefficient (Wildman–Crippen LogP) is 3.72. The van der Waals surface area contributed by atoms with Crippen LogP contribution in [0.25, 0.3) is 0 Å². The van der Waals surface area contributed by atoms with Crippen LogP contribution in [-0.2, 0) is 0 Å². The van der Waals surface area contributed by atoms with Crippen molar-refractivity contribution in [1.29, 1.82) is 0 Å². The SMILES string of the molecule is CCCOc1cc(C)nc(N2CCCC2CCCBr)n1. The lowest BCUT2D eigenvalue weighted by Crippen LogP contribution is -2.31. The molecule has 0 saturated carbocycles. The van der Waals surface area contributed by atoms with Crippen LogP contribution in [0.5, 0.6) is 5.88 Å². The molecule has 0 amide bonds. The standard InChI is InChI=1S/C15H24BrN3O/c1-3-10-20-14-11-12(2)17-15(18-14)19-9-5-7-13(19)6-4-8-16/h11,13H,3-10H2,1-2H3. The first kappa shape index (κ1) is 15.5. The maximum atomic E-state index is 5.67. The molecule has 1 fully saturated rings. The lowest BCUT2D eigenvalue weighted by Gasteiger charge is -2.25. The van der Waals surface area contributed by atoms with Crippen LogP contribution in [0.3, 0.4) is 0 Å². The minimum atomic E-state index is 0.577. The van der Waals surface area contributed by atoms with Gasteiger partial charge in [0.05, 0.1) is 6.61 Å². The average molecular weight is 342 g/mol. The first-order valence-corrected chi connectivity index (χ1v) is 8.67. The molecule has 0 spiro atoms. The van der Waals surface area contributed by atoms with Gasteiger partial charge in [-0.25, -0.2) is 4.98 Å². The van der Waals surface area contributed by atoms with Gasteiger partial charge in [-0.2, -0.15) is 4.98 Å². The zero-order chi connectivity index (χ0) is 14.4. The van der Waals surface area contributed by atoms with E-state index in [2.05, 4.69) is 37.7 Å². The Morgan fingerprint density at radius 1 is 1.45 bits per heavy atom. The fraction of sp³-hybridized carbons (Fsp3) is 0.733. The van der Waals surface area contributed by atoms with Crippen LogP contribution in [0.15, 0.2) is 6.07 Å². The maximum absolute atomic E-state index is 5.67. The molecule has 1 aliphatic heterocycles. The lowest BCUT2D eigenvalue weighted by molar-refractivity contribution is 0.304. The first-order valence-electron chi connectivity index (χ1n) is 7.55. The van der Waals surface area contributed by atoms with Gasteiger partial charge in [-0.3, -0.25) is 0 Å². The summed E-state index contributed by atoms with van der Waals surface area (Å²) in [6.45, 7) is 5.88. The highest BCUT2D eigenvalue weighted by Gasteiger charge is 2.26. The molecule has 2 rings (SSSR count). The first-order chi connectivity index (χ1) is 9.74. The zero-order valence-electron chi connectivity index (χ0n) is 12.4. The number of alkyl halides is 1. The van der Waals surface area contributed by atoms with Crippen LogP contribution in [-0.4, -0.2) is 34.5 Å². The van der Waals surface area contributed by atoms with E-state index in [1.54, 1.807) is 0 Å². The summed E-state index contributed by atoms with van der Waals surface area (Å²) in [4.78, 5) is 11.6. The Labute approximate surface area is 130 Å². The van der Waals surface area contributed by atoms with E-state index in [9.17, 15) is 0 Å². The summed E-state index contributed by atoms with van der Waals surface area (Å²) < 4.78 is 5.67. The third kappa shape index (κ3) is 4.08. The molecule has 1 aromatic heterocycles. The molecule has 20 heavy (non-hydrogen) atoms. The second kappa shape index (κ2) is 7.81. The largest absolute Gasteiger partial charge is 0.478 e. The quantitative estimate of drug-likeness (QED) is 0.708. The highest BCUT2D eigenvalue weighted by molar-refractivity contribution is 9.09. The maximum Gasteiger partial charge on any atom is 0.229 e. The summed E-state index contributed by atoms with van der Waals surface area (Å²) in [6, 6.07) is 2.50. The number of halogens is 1. The molecular weight excluding hydrogens is 318 g/mol. The number of rotatable bonds is 7. The second-order valence-corrected chi connectivity index (χ2v) is 6.11. The number of aryl methyl sites for hydroxylation is 1. The second-order valence-electron chi connectivity index (χ2n) is 5.32. The Kier molecular flexibility index (Phi) is 6.07. The van der Waals surface area contributed by atoms with Crippen molar-refractivity contribution in [2.45, 2.75) is 52.0 Å². The number of hydrogen-bond donors (Lipinski definition) is 0. The molecule has 5 heteroatoms. The molecule has 0 radical (unpaired) electrons. The van der Waals surface area contributed by atoms with Gasteiger partial charge in [-0.15, -0.1) is 0 Å². The van der Waals surface area contributed by atoms with E-state index < -0.39 is 0 Å². The van der Waals surface area contributed by atoms with Crippen molar-refractivity contribution in [3.63, 3.8) is 0 Å². The third-order valence-electron chi connectivity index (χ3n) is 3.58. The van der Waals surface area contributed by atoms with E-state index >= 15 is 0 Å². The van der Waals surface area contributed by atoms with Crippen LogP contribution in [0.4, 0.5) is 5.95 Å². The molecule has 0 bridgehead atoms. The van der Waals surface area contributed by atoms with Crippen LogP contribution < -0.4 is 9.64 Å². The molecule has 4 nitrogen and oxygen atoms in total. The summed E-state index contributed by atoms with van der Waals surface area (Å²) >= 11 is 3.51. The summed E-state index contributed by atoms with van der Waals surface area (Å²) in [5.74, 6) is 1.55. The smallest absolute Gasteiger partial charge is 0.229 e. The number of anilines is 1. The average Bonchev–Trinajstić information content (AvgIpc) is 2.90. The predicted molar refractivity (Wildman–Crippen MR) is 86.0 cm³/mol. The minimum Gasteiger partial charge on any atom is -0.478 e. The van der Waals surface area contributed by atoms with Gasteiger partial charge in [0.2, 0.25) is 11.8 Å². The molecule has 1 unspecified atom stereocenters. The van der Waals surface area contributed by atoms with Crippen molar-refractivity contribution in [3.05, 3.63) is 11.8 Å². The van der Waals surface area contributed by atoms with Crippen LogP contribution >= 0.6 is 15.9 Å². The van der Waals surface area contributed by atoms with E-state index in [0.29, 0.717) is 18.5 Å². The van der Waals surface area contributed by atoms with Crippen molar-refractivity contribution >= 4 is 21.9 Å². The number of hydrogen-bond acceptors (Lipinski definition) is 4. The van der Waals surface area contributed by atoms with Gasteiger partial charge in [0.1, 0.15) is 0 Å². The molecule has 1 saturated heterocycles. The third-order valence-corrected chi connectivity index (χ3v) is 4.14. The van der Waals surface area contributed by atoms with Gasteiger partial charge in [0.25, 0.3) is 0 Å². The fourth-order valence-corrected chi connectivity index (χ4v) is 2.97. The molecule has 0 N–H and O–H groups in total. The Morgan fingerprint density at radius 3 is 3.05 bits per heavy atom. The van der Waals surface area contributed by atoms with E-state index in [1.165, 1.54) is 25.7 Å². The lowest BCUT2D eigenvalue weighted by atomic mass is 10.1. The van der Waals surface area contributed by atoms with E-state index in [4.69, 9.17) is 4.74 Å². The van der Waals surface area contributed by atoms with Crippen LogP contribution in [0, 0.1) is 6.92 Å². The fourth-order valence-electron chi connectivity index (χ4n) is 2.65. The Balaban J connectivity index is 2.11. The van der Waals surface area contributed by atoms with Crippen LogP contribution in [0.2, 0.25) is 0 Å². The van der Waals surface area contributed by atoms with Crippen molar-refractivity contribution in [3.8, 4) is 5.88 Å². The molecule has 1 aliphatic rings. The molecule has 1 atom stereocenters. The van der Waals surface area contributed by atoms with Crippen molar-refractivity contribution in [2.24, 2.45) is 0 Å². The molecule has 0 aliphatic carbocycles. The van der Waals surface area contributed by atoms with Gasteiger partial charge in [-0.1, -0.05) is 22.9 Å². The van der Waals surface area contributed by atoms with Gasteiger partial charge in [0.15, 0.2) is 0 Å². The topological polar surface area (TPSA) is 38.2 Å². The number of ether oxygens (including phenoxy) is 1. The molecule has 112 valence electrons. The minimum absolute atomic E-state index is 0.577. The van der Waals surface area contributed by atoms with Gasteiger partial charge in [-0.05, 0) is 39.0 Å². The normalized spacial score (nSPS) is 18.6. The molecule has 0 aromatic carbocycles. The Hall–Kier alpha value is -0.840. The zero-order valence-corrected chi connectivity index (χ0v) is 14.0. The highest BCUT2D eigenvalue weighted by Crippen LogP contribution is 2.27. The summed E-state index contributed by atoms with van der Waals surface area (Å²) in [7, 11) is 0. The monoisotopic (exact) mass is 341 g/mol. The summed E-state index contributed by atoms with van der Waals surface area (Å²) in [5.41, 5.74) is 0.979. The molecule has 2 heterocycles. The highest BCUT2D eigenvalue weighted by atomic mass is 79.9. The van der Waals surface area contributed by atoms with Crippen LogP contribution in [0.1, 0.15) is 44.7 Å². The van der Waals surface area contributed by atoms with Gasteiger partial charge in [0, 0.05) is 29.7 Å². The van der Waals surface area contributed by atoms with Crippen molar-refractivity contribution in [1.82, 2.24) is 9.97 Å². The van der Waals surface area contributed by atoms with E-state index in [1.807, 2.05) is 13.0 Å². The van der Waals surface area contributed by atoms with E-state index in [-0.39, 0.29) is 0 Å². The molecular formula is C15H24BrN3O. The van der Waals surface area contributed by atoms with Crippen molar-refractivity contribution in [2.75, 3.05) is 23.4 Å². The Bertz CT molecular complexity index is 428. The molecule has 1 aromatic rings. The number of nitrogens with zero attached hydrogens (tertiary/aromatic N) is 3. The van der Waals surface area contributed by atoms with Gasteiger partial charge >= 0.3 is 0 Å². The summed E-state index contributed by atoms with van der Waals surface area (Å²) in [6.07, 6.45) is 5.88.